The molecule has 4 rings (SSSR count). The Labute approximate surface area is 241 Å². The Kier molecular flexibility index (Phi) is 8.41. The number of rotatable bonds is 7. The predicted molar refractivity (Wildman–Crippen MR) is 153 cm³/mol. The second-order valence-corrected chi connectivity index (χ2v) is 11.4. The number of nitrogens with one attached hydrogen (secondary N) is 2. The summed E-state index contributed by atoms with van der Waals surface area (Å²) >= 11 is 0.743. The molecular weight excluding hydrogens is 575 g/mol. The van der Waals surface area contributed by atoms with Crippen molar-refractivity contribution in [2.24, 2.45) is 5.41 Å². The second-order valence-electron chi connectivity index (χ2n) is 10.5. The lowest BCUT2D eigenvalue weighted by Crippen LogP contribution is -2.30. The first-order valence-electron chi connectivity index (χ1n) is 12.8. The molecule has 0 saturated heterocycles. The summed E-state index contributed by atoms with van der Waals surface area (Å²) in [5.41, 5.74) is -1.67. The van der Waals surface area contributed by atoms with E-state index in [1.54, 1.807) is 23.6 Å². The summed E-state index contributed by atoms with van der Waals surface area (Å²) in [6.45, 7) is 7.31. The standard InChI is InChI=1S/C28H28F3N5O5S/c1-5-32-26(41)35-22-9-15(24-34-20(13-42-24)28(29,30)31)17(10-33-22)14-6-7-19-16(8-14)23(38)18(25(39)40)11-36(19)21(12-37)27(2,3)4/h6-11,13,21,37H,5,12H2,1-4H3,(H,39,40)(H2,32,33,35,41)/t21-/m0/s1. The van der Waals surface area contributed by atoms with Crippen molar-refractivity contribution in [2.75, 3.05) is 18.5 Å². The van der Waals surface area contributed by atoms with Crippen molar-refractivity contribution in [1.29, 1.82) is 0 Å². The molecule has 1 atom stereocenters. The quantitative estimate of drug-likeness (QED) is 0.214. The van der Waals surface area contributed by atoms with Gasteiger partial charge in [-0.15, -0.1) is 11.3 Å². The van der Waals surface area contributed by atoms with E-state index < -0.39 is 46.3 Å². The molecular formula is C28H28F3N5O5S. The lowest BCUT2D eigenvalue weighted by atomic mass is 9.86. The fraction of sp³-hybridized carbons (Fsp3) is 0.321. The Morgan fingerprint density at radius 3 is 2.43 bits per heavy atom. The molecule has 0 bridgehead atoms. The topological polar surface area (TPSA) is 146 Å². The van der Waals surface area contributed by atoms with E-state index in [0.29, 0.717) is 23.2 Å². The lowest BCUT2D eigenvalue weighted by Gasteiger charge is -2.32. The summed E-state index contributed by atoms with van der Waals surface area (Å²) in [6.07, 6.45) is -2.14. The van der Waals surface area contributed by atoms with Crippen molar-refractivity contribution in [2.45, 2.75) is 39.9 Å². The first-order chi connectivity index (χ1) is 19.6. The number of benzene rings is 1. The molecule has 222 valence electrons. The number of aliphatic hydroxyl groups excluding tert-OH is 1. The number of thiazole rings is 1. The summed E-state index contributed by atoms with van der Waals surface area (Å²) in [4.78, 5) is 45.4. The van der Waals surface area contributed by atoms with E-state index in [9.17, 15) is 37.8 Å². The highest BCUT2D eigenvalue weighted by Crippen LogP contribution is 2.39. The number of carboxylic acid groups (broad SMARTS) is 1. The Morgan fingerprint density at radius 1 is 1.14 bits per heavy atom. The van der Waals surface area contributed by atoms with Crippen molar-refractivity contribution in [3.8, 4) is 21.7 Å². The average molecular weight is 604 g/mol. The number of pyridine rings is 2. The van der Waals surface area contributed by atoms with Gasteiger partial charge in [-0.2, -0.15) is 13.2 Å². The van der Waals surface area contributed by atoms with Gasteiger partial charge in [0.05, 0.1) is 18.2 Å². The number of aromatic carboxylic acids is 1. The number of nitrogens with zero attached hydrogens (tertiary/aromatic N) is 3. The highest BCUT2D eigenvalue weighted by molar-refractivity contribution is 7.13. The molecule has 0 aliphatic carbocycles. The molecule has 2 amide bonds. The van der Waals surface area contributed by atoms with Crippen LogP contribution in [0.1, 0.15) is 49.8 Å². The number of fused-ring (bicyclic) bond motifs is 1. The molecule has 0 saturated carbocycles. The van der Waals surface area contributed by atoms with Crippen LogP contribution in [0.4, 0.5) is 23.8 Å². The van der Waals surface area contributed by atoms with Gasteiger partial charge in [-0.05, 0) is 36.1 Å². The number of aromatic nitrogens is 3. The Bertz CT molecular complexity index is 1730. The summed E-state index contributed by atoms with van der Waals surface area (Å²) in [7, 11) is 0. The van der Waals surface area contributed by atoms with Gasteiger partial charge < -0.3 is 20.1 Å². The summed E-state index contributed by atoms with van der Waals surface area (Å²) in [6, 6.07) is 4.86. The van der Waals surface area contributed by atoms with E-state index in [0.717, 1.165) is 16.7 Å². The van der Waals surface area contributed by atoms with E-state index in [-0.39, 0.29) is 28.4 Å². The number of alkyl halides is 3. The minimum atomic E-state index is -4.68. The highest BCUT2D eigenvalue weighted by atomic mass is 32.1. The maximum atomic E-state index is 13.4. The summed E-state index contributed by atoms with van der Waals surface area (Å²) in [5.74, 6) is -1.40. The Balaban J connectivity index is 1.97. The Morgan fingerprint density at radius 2 is 1.86 bits per heavy atom. The number of hydrogen-bond donors (Lipinski definition) is 4. The molecule has 0 spiro atoms. The van der Waals surface area contributed by atoms with Crippen LogP contribution in [0.2, 0.25) is 0 Å². The fourth-order valence-corrected chi connectivity index (χ4v) is 5.35. The van der Waals surface area contributed by atoms with Gasteiger partial charge in [-0.1, -0.05) is 26.8 Å². The molecule has 1 aromatic carbocycles. The number of aliphatic hydroxyl groups is 1. The van der Waals surface area contributed by atoms with Crippen LogP contribution in [0, 0.1) is 5.41 Å². The molecule has 10 nitrogen and oxygen atoms in total. The van der Waals surface area contributed by atoms with Crippen molar-refractivity contribution in [1.82, 2.24) is 19.9 Å². The van der Waals surface area contributed by atoms with Crippen molar-refractivity contribution >= 4 is 40.1 Å². The number of halogens is 3. The van der Waals surface area contributed by atoms with Crippen LogP contribution in [0.25, 0.3) is 32.6 Å². The van der Waals surface area contributed by atoms with Crippen LogP contribution >= 0.6 is 11.3 Å². The maximum Gasteiger partial charge on any atom is 0.434 e. The van der Waals surface area contributed by atoms with Gasteiger partial charge in [0.15, 0.2) is 5.69 Å². The molecule has 4 N–H and O–H groups in total. The van der Waals surface area contributed by atoms with Gasteiger partial charge in [0.25, 0.3) is 0 Å². The van der Waals surface area contributed by atoms with Gasteiger partial charge in [0, 0.05) is 40.8 Å². The summed E-state index contributed by atoms with van der Waals surface area (Å²) in [5, 5.41) is 25.9. The largest absolute Gasteiger partial charge is 0.477 e. The van der Waals surface area contributed by atoms with Crippen molar-refractivity contribution < 1.29 is 33.0 Å². The molecule has 0 aliphatic heterocycles. The molecule has 42 heavy (non-hydrogen) atoms. The minimum absolute atomic E-state index is 0.0106. The zero-order chi connectivity index (χ0) is 31.0. The van der Waals surface area contributed by atoms with E-state index in [1.807, 2.05) is 20.8 Å². The number of urea groups is 1. The second kappa shape index (κ2) is 11.5. The monoisotopic (exact) mass is 603 g/mol. The van der Waals surface area contributed by atoms with Crippen LogP contribution in [-0.4, -0.2) is 49.9 Å². The van der Waals surface area contributed by atoms with Crippen LogP contribution < -0.4 is 16.1 Å². The van der Waals surface area contributed by atoms with E-state index in [2.05, 4.69) is 20.6 Å². The summed E-state index contributed by atoms with van der Waals surface area (Å²) < 4.78 is 41.7. The number of carbonyl (C=O) groups is 2. The first-order valence-corrected chi connectivity index (χ1v) is 13.6. The minimum Gasteiger partial charge on any atom is -0.477 e. The van der Waals surface area contributed by atoms with Gasteiger partial charge in [-0.25, -0.2) is 19.6 Å². The Hall–Kier alpha value is -4.30. The smallest absolute Gasteiger partial charge is 0.434 e. The third-order valence-corrected chi connectivity index (χ3v) is 7.47. The third kappa shape index (κ3) is 6.14. The van der Waals surface area contributed by atoms with Crippen LogP contribution in [-0.2, 0) is 6.18 Å². The number of carbonyl (C=O) groups excluding carboxylic acids is 1. The van der Waals surface area contributed by atoms with E-state index in [1.165, 1.54) is 24.5 Å². The molecule has 14 heteroatoms. The lowest BCUT2D eigenvalue weighted by molar-refractivity contribution is -0.140. The van der Waals surface area contributed by atoms with Crippen molar-refractivity contribution in [3.05, 3.63) is 63.5 Å². The normalized spacial score (nSPS) is 12.8. The highest BCUT2D eigenvalue weighted by Gasteiger charge is 2.34. The molecule has 0 aliphatic rings. The van der Waals surface area contributed by atoms with Gasteiger partial charge in [-0.3, -0.25) is 10.1 Å². The van der Waals surface area contributed by atoms with Gasteiger partial charge in [0.1, 0.15) is 16.4 Å². The van der Waals surface area contributed by atoms with Crippen LogP contribution in [0.5, 0.6) is 0 Å². The SMILES string of the molecule is CCNC(=O)Nc1cc(-c2nc(C(F)(F)F)cs2)c(-c2ccc3c(c2)c(=O)c(C(=O)O)cn3[C@@H](CO)C(C)(C)C)cn1. The fourth-order valence-electron chi connectivity index (χ4n) is 4.49. The van der Waals surface area contributed by atoms with Gasteiger partial charge in [0.2, 0.25) is 5.43 Å². The van der Waals surface area contributed by atoms with Crippen LogP contribution in [0.3, 0.4) is 0 Å². The van der Waals surface area contributed by atoms with Gasteiger partial charge >= 0.3 is 18.2 Å². The maximum absolute atomic E-state index is 13.4. The number of amides is 2. The zero-order valence-corrected chi connectivity index (χ0v) is 23.9. The molecule has 0 fully saturated rings. The van der Waals surface area contributed by atoms with E-state index in [4.69, 9.17) is 0 Å². The molecule has 0 radical (unpaired) electrons. The predicted octanol–water partition coefficient (Wildman–Crippen LogP) is 5.62. The molecule has 4 aromatic rings. The zero-order valence-electron chi connectivity index (χ0n) is 23.0. The number of carboxylic acids is 1. The molecule has 3 heterocycles. The third-order valence-electron chi connectivity index (χ3n) is 6.59. The molecule has 3 aromatic heterocycles. The number of hydrogen-bond acceptors (Lipinski definition) is 7. The number of anilines is 1. The van der Waals surface area contributed by atoms with Crippen molar-refractivity contribution in [3.63, 3.8) is 0 Å². The van der Waals surface area contributed by atoms with E-state index >= 15 is 0 Å². The first kappa shape index (κ1) is 30.7. The molecule has 0 unspecified atom stereocenters. The van der Waals surface area contributed by atoms with Crippen LogP contribution in [0.15, 0.2) is 46.8 Å². The average Bonchev–Trinajstić information content (AvgIpc) is 3.40.